The highest BCUT2D eigenvalue weighted by Crippen LogP contribution is 2.28. The van der Waals surface area contributed by atoms with Crippen molar-refractivity contribution < 1.29 is 14.6 Å². The van der Waals surface area contributed by atoms with E-state index in [-0.39, 0.29) is 18.2 Å². The van der Waals surface area contributed by atoms with E-state index in [2.05, 4.69) is 11.8 Å². The van der Waals surface area contributed by atoms with Crippen LogP contribution in [-0.2, 0) is 9.47 Å². The zero-order valence-electron chi connectivity index (χ0n) is 11.8. The van der Waals surface area contributed by atoms with Gasteiger partial charge in [-0.3, -0.25) is 0 Å². The molecule has 2 fully saturated rings. The SMILES string of the molecule is CC1CC(N(C)C)C(O)C(OC2CCCCC2)O1. The molecule has 4 nitrogen and oxygen atoms in total. The number of hydrogen-bond donors (Lipinski definition) is 1. The second-order valence-electron chi connectivity index (χ2n) is 5.97. The first kappa shape index (κ1) is 14.3. The highest BCUT2D eigenvalue weighted by atomic mass is 16.7. The third-order valence-corrected chi connectivity index (χ3v) is 4.15. The first-order valence-electron chi connectivity index (χ1n) is 7.23. The van der Waals surface area contributed by atoms with Gasteiger partial charge in [0.1, 0.15) is 6.10 Å². The van der Waals surface area contributed by atoms with Gasteiger partial charge in [-0.25, -0.2) is 0 Å². The van der Waals surface area contributed by atoms with E-state index in [4.69, 9.17) is 9.47 Å². The third kappa shape index (κ3) is 3.44. The van der Waals surface area contributed by atoms with E-state index in [0.29, 0.717) is 0 Å². The quantitative estimate of drug-likeness (QED) is 0.836. The van der Waals surface area contributed by atoms with Gasteiger partial charge in [0.25, 0.3) is 0 Å². The first-order chi connectivity index (χ1) is 8.58. The Balaban J connectivity index is 1.92. The summed E-state index contributed by atoms with van der Waals surface area (Å²) in [5, 5.41) is 10.4. The second kappa shape index (κ2) is 6.33. The van der Waals surface area contributed by atoms with Crippen LogP contribution < -0.4 is 0 Å². The Bertz CT molecular complexity index is 253. The maximum absolute atomic E-state index is 10.4. The molecule has 18 heavy (non-hydrogen) atoms. The molecule has 106 valence electrons. The van der Waals surface area contributed by atoms with Crippen molar-refractivity contribution in [2.75, 3.05) is 14.1 Å². The molecular weight excluding hydrogens is 230 g/mol. The number of nitrogens with zero attached hydrogens (tertiary/aromatic N) is 1. The lowest BCUT2D eigenvalue weighted by molar-refractivity contribution is -0.270. The molecule has 0 aromatic rings. The van der Waals surface area contributed by atoms with Crippen LogP contribution in [-0.4, -0.2) is 54.7 Å². The Hall–Kier alpha value is -0.160. The minimum Gasteiger partial charge on any atom is -0.386 e. The molecule has 0 spiro atoms. The summed E-state index contributed by atoms with van der Waals surface area (Å²) in [5.74, 6) is 0. The molecule has 1 N–H and O–H groups in total. The van der Waals surface area contributed by atoms with E-state index in [0.717, 1.165) is 19.3 Å². The predicted molar refractivity (Wildman–Crippen MR) is 70.4 cm³/mol. The van der Waals surface area contributed by atoms with E-state index in [1.807, 2.05) is 14.1 Å². The minimum absolute atomic E-state index is 0.127. The van der Waals surface area contributed by atoms with Crippen LogP contribution in [0, 0.1) is 0 Å². The first-order valence-corrected chi connectivity index (χ1v) is 7.23. The Morgan fingerprint density at radius 2 is 1.83 bits per heavy atom. The van der Waals surface area contributed by atoms with Gasteiger partial charge in [-0.2, -0.15) is 0 Å². The lowest BCUT2D eigenvalue weighted by atomic mass is 9.96. The van der Waals surface area contributed by atoms with Crippen molar-refractivity contribution in [2.45, 2.75) is 76.1 Å². The summed E-state index contributed by atoms with van der Waals surface area (Å²) in [7, 11) is 4.01. The molecule has 1 aliphatic heterocycles. The third-order valence-electron chi connectivity index (χ3n) is 4.15. The average Bonchev–Trinajstić information content (AvgIpc) is 2.34. The predicted octanol–water partition coefficient (Wildman–Crippen LogP) is 1.76. The molecule has 1 heterocycles. The number of ether oxygens (including phenoxy) is 2. The fourth-order valence-electron chi connectivity index (χ4n) is 3.05. The molecule has 0 aromatic heterocycles. The van der Waals surface area contributed by atoms with E-state index in [1.54, 1.807) is 0 Å². The molecule has 0 aromatic carbocycles. The standard InChI is InChI=1S/C14H27NO3/c1-10-9-12(15(2)3)13(16)14(17-10)18-11-7-5-4-6-8-11/h10-14,16H,4-9H2,1-3H3. The summed E-state index contributed by atoms with van der Waals surface area (Å²) in [6, 6.07) is 0.127. The zero-order chi connectivity index (χ0) is 13.1. The van der Waals surface area contributed by atoms with Gasteiger partial charge in [-0.1, -0.05) is 19.3 Å². The number of hydrogen-bond acceptors (Lipinski definition) is 4. The Kier molecular flexibility index (Phi) is 5.01. The van der Waals surface area contributed by atoms with Crippen LogP contribution in [0.15, 0.2) is 0 Å². The van der Waals surface area contributed by atoms with Gasteiger partial charge >= 0.3 is 0 Å². The largest absolute Gasteiger partial charge is 0.386 e. The molecule has 0 radical (unpaired) electrons. The molecule has 2 rings (SSSR count). The Labute approximate surface area is 110 Å². The van der Waals surface area contributed by atoms with Crippen molar-refractivity contribution in [3.63, 3.8) is 0 Å². The summed E-state index contributed by atoms with van der Waals surface area (Å²) < 4.78 is 11.8. The molecule has 4 heteroatoms. The summed E-state index contributed by atoms with van der Waals surface area (Å²) in [5.41, 5.74) is 0. The highest BCUT2D eigenvalue weighted by Gasteiger charge is 2.39. The maximum Gasteiger partial charge on any atom is 0.185 e. The van der Waals surface area contributed by atoms with E-state index >= 15 is 0 Å². The molecule has 4 atom stereocenters. The van der Waals surface area contributed by atoms with Gasteiger partial charge in [0.15, 0.2) is 6.29 Å². The van der Waals surface area contributed by atoms with Crippen LogP contribution in [0.4, 0.5) is 0 Å². The van der Waals surface area contributed by atoms with Crippen molar-refractivity contribution in [1.29, 1.82) is 0 Å². The summed E-state index contributed by atoms with van der Waals surface area (Å²) in [6.07, 6.45) is 6.27. The topological polar surface area (TPSA) is 41.9 Å². The molecule has 1 aliphatic carbocycles. The van der Waals surface area contributed by atoms with Gasteiger partial charge in [0, 0.05) is 6.04 Å². The summed E-state index contributed by atoms with van der Waals surface area (Å²) in [6.45, 7) is 2.06. The number of rotatable bonds is 3. The van der Waals surface area contributed by atoms with Crippen molar-refractivity contribution in [3.8, 4) is 0 Å². The smallest absolute Gasteiger partial charge is 0.185 e. The minimum atomic E-state index is -0.543. The Morgan fingerprint density at radius 3 is 2.44 bits per heavy atom. The van der Waals surface area contributed by atoms with Gasteiger partial charge in [0.05, 0.1) is 12.2 Å². The monoisotopic (exact) mass is 257 g/mol. The number of aliphatic hydroxyl groups is 1. The van der Waals surface area contributed by atoms with Crippen LogP contribution in [0.5, 0.6) is 0 Å². The van der Waals surface area contributed by atoms with Gasteiger partial charge in [-0.05, 0) is 40.3 Å². The van der Waals surface area contributed by atoms with Crippen molar-refractivity contribution >= 4 is 0 Å². The normalized spacial score (nSPS) is 39.2. The van der Waals surface area contributed by atoms with Crippen LogP contribution in [0.25, 0.3) is 0 Å². The fraction of sp³-hybridized carbons (Fsp3) is 1.00. The fourth-order valence-corrected chi connectivity index (χ4v) is 3.05. The van der Waals surface area contributed by atoms with Crippen molar-refractivity contribution in [2.24, 2.45) is 0 Å². The molecule has 2 aliphatic rings. The van der Waals surface area contributed by atoms with Crippen molar-refractivity contribution in [1.82, 2.24) is 4.90 Å². The Morgan fingerprint density at radius 1 is 1.17 bits per heavy atom. The summed E-state index contributed by atoms with van der Waals surface area (Å²) >= 11 is 0. The van der Waals surface area contributed by atoms with Gasteiger partial charge in [-0.15, -0.1) is 0 Å². The van der Waals surface area contributed by atoms with Crippen LogP contribution >= 0.6 is 0 Å². The lowest BCUT2D eigenvalue weighted by Gasteiger charge is -2.42. The van der Waals surface area contributed by atoms with E-state index < -0.39 is 12.4 Å². The van der Waals surface area contributed by atoms with Crippen LogP contribution in [0.3, 0.4) is 0 Å². The summed E-state index contributed by atoms with van der Waals surface area (Å²) in [4.78, 5) is 2.07. The molecule has 0 amide bonds. The van der Waals surface area contributed by atoms with E-state index in [1.165, 1.54) is 19.3 Å². The van der Waals surface area contributed by atoms with Gasteiger partial charge in [0.2, 0.25) is 0 Å². The van der Waals surface area contributed by atoms with Crippen LogP contribution in [0.2, 0.25) is 0 Å². The maximum atomic E-state index is 10.4. The molecule has 4 unspecified atom stereocenters. The molecule has 1 saturated heterocycles. The number of likely N-dealkylation sites (N-methyl/N-ethyl adjacent to an activating group) is 1. The van der Waals surface area contributed by atoms with Gasteiger partial charge < -0.3 is 19.5 Å². The second-order valence-corrected chi connectivity index (χ2v) is 5.97. The zero-order valence-corrected chi connectivity index (χ0v) is 11.8. The lowest BCUT2D eigenvalue weighted by Crippen LogP contribution is -2.54. The van der Waals surface area contributed by atoms with Crippen molar-refractivity contribution in [3.05, 3.63) is 0 Å². The molecular formula is C14H27NO3. The molecule has 1 saturated carbocycles. The number of aliphatic hydroxyl groups excluding tert-OH is 1. The molecule has 0 bridgehead atoms. The highest BCUT2D eigenvalue weighted by molar-refractivity contribution is 4.86. The average molecular weight is 257 g/mol. The van der Waals surface area contributed by atoms with E-state index in [9.17, 15) is 5.11 Å². The van der Waals surface area contributed by atoms with Crippen LogP contribution in [0.1, 0.15) is 45.4 Å².